The Labute approximate surface area is 180 Å². The molecule has 0 fully saturated rings. The highest BCUT2D eigenvalue weighted by atomic mass is 32.1. The Kier molecular flexibility index (Phi) is 8.41. The van der Waals surface area contributed by atoms with E-state index in [4.69, 9.17) is 14.2 Å². The predicted molar refractivity (Wildman–Crippen MR) is 116 cm³/mol. The summed E-state index contributed by atoms with van der Waals surface area (Å²) in [6.07, 6.45) is 0. The highest BCUT2D eigenvalue weighted by molar-refractivity contribution is 7.18. The van der Waals surface area contributed by atoms with Gasteiger partial charge in [0.15, 0.2) is 6.61 Å². The van der Waals surface area contributed by atoms with E-state index in [-0.39, 0.29) is 35.3 Å². The first-order valence-electron chi connectivity index (χ1n) is 9.78. The van der Waals surface area contributed by atoms with Crippen molar-refractivity contribution < 1.29 is 28.6 Å². The van der Waals surface area contributed by atoms with Gasteiger partial charge in [-0.3, -0.25) is 4.79 Å². The molecule has 2 aromatic rings. The van der Waals surface area contributed by atoms with Crippen LogP contribution in [0, 0.1) is 6.92 Å². The quantitative estimate of drug-likeness (QED) is 0.584. The minimum atomic E-state index is -0.609. The van der Waals surface area contributed by atoms with Gasteiger partial charge >= 0.3 is 11.9 Å². The molecule has 0 aliphatic rings. The van der Waals surface area contributed by atoms with Gasteiger partial charge in [-0.25, -0.2) is 9.59 Å². The molecule has 162 valence electrons. The van der Waals surface area contributed by atoms with Crippen molar-refractivity contribution in [2.45, 2.75) is 40.5 Å². The van der Waals surface area contributed by atoms with Crippen molar-refractivity contribution in [2.24, 2.45) is 0 Å². The third kappa shape index (κ3) is 5.82. The number of ether oxygens (including phenoxy) is 3. The number of carbonyl (C=O) groups is 3. The summed E-state index contributed by atoms with van der Waals surface area (Å²) in [5.41, 5.74) is 1.67. The van der Waals surface area contributed by atoms with Gasteiger partial charge in [-0.1, -0.05) is 26.0 Å². The Morgan fingerprint density at radius 2 is 1.73 bits per heavy atom. The maximum Gasteiger partial charge on any atom is 0.348 e. The van der Waals surface area contributed by atoms with Gasteiger partial charge in [0.25, 0.3) is 5.91 Å². The minimum absolute atomic E-state index is 0.153. The fourth-order valence-electron chi connectivity index (χ4n) is 2.72. The molecule has 0 spiro atoms. The maximum atomic E-state index is 12.5. The highest BCUT2D eigenvalue weighted by Crippen LogP contribution is 2.34. The molecule has 30 heavy (non-hydrogen) atoms. The summed E-state index contributed by atoms with van der Waals surface area (Å²) in [5.74, 6) is -0.691. The van der Waals surface area contributed by atoms with Gasteiger partial charge < -0.3 is 19.5 Å². The van der Waals surface area contributed by atoms with Gasteiger partial charge in [-0.15, -0.1) is 11.3 Å². The average Bonchev–Trinajstić information content (AvgIpc) is 3.03. The Morgan fingerprint density at radius 1 is 1.07 bits per heavy atom. The van der Waals surface area contributed by atoms with Crippen LogP contribution >= 0.6 is 11.3 Å². The topological polar surface area (TPSA) is 90.9 Å². The number of benzene rings is 1. The van der Waals surface area contributed by atoms with E-state index in [2.05, 4.69) is 19.2 Å². The first kappa shape index (κ1) is 23.4. The molecule has 0 unspecified atom stereocenters. The lowest BCUT2D eigenvalue weighted by atomic mass is 10.0. The van der Waals surface area contributed by atoms with Crippen LogP contribution in [0.15, 0.2) is 24.3 Å². The molecule has 1 aromatic carbocycles. The number of amides is 1. The SMILES string of the molecule is CCOC(=O)c1sc(NC(=O)COc2cccc(C(C)C)c2)c(C(=O)OCC)c1C. The number of carbonyl (C=O) groups excluding carboxylic acids is 3. The summed E-state index contributed by atoms with van der Waals surface area (Å²) in [4.78, 5) is 37.3. The van der Waals surface area contributed by atoms with Crippen LogP contribution in [0.5, 0.6) is 5.75 Å². The zero-order chi connectivity index (χ0) is 22.3. The Morgan fingerprint density at radius 3 is 2.37 bits per heavy atom. The molecule has 0 saturated carbocycles. The van der Waals surface area contributed by atoms with Crippen LogP contribution < -0.4 is 10.1 Å². The van der Waals surface area contributed by atoms with Gasteiger partial charge in [0.1, 0.15) is 15.6 Å². The molecule has 2 rings (SSSR count). The summed E-state index contributed by atoms with van der Waals surface area (Å²) in [6.45, 7) is 9.28. The number of thiophene rings is 1. The minimum Gasteiger partial charge on any atom is -0.484 e. The molecule has 8 heteroatoms. The Balaban J connectivity index is 2.18. The van der Waals surface area contributed by atoms with Gasteiger partial charge in [-0.2, -0.15) is 0 Å². The molecular formula is C22H27NO6S. The molecule has 0 atom stereocenters. The normalized spacial score (nSPS) is 10.6. The maximum absolute atomic E-state index is 12.5. The second kappa shape index (κ2) is 10.8. The number of anilines is 1. The molecule has 1 heterocycles. The van der Waals surface area contributed by atoms with Crippen LogP contribution in [0.4, 0.5) is 5.00 Å². The first-order valence-corrected chi connectivity index (χ1v) is 10.6. The van der Waals surface area contributed by atoms with Gasteiger partial charge in [0.2, 0.25) is 0 Å². The van der Waals surface area contributed by atoms with Gasteiger partial charge in [0.05, 0.1) is 18.8 Å². The summed E-state index contributed by atoms with van der Waals surface area (Å²) in [5, 5.41) is 2.90. The molecule has 0 bridgehead atoms. The smallest absolute Gasteiger partial charge is 0.348 e. The zero-order valence-corrected chi connectivity index (χ0v) is 18.7. The molecule has 1 N–H and O–H groups in total. The molecule has 0 aliphatic carbocycles. The van der Waals surface area contributed by atoms with Crippen LogP contribution in [-0.2, 0) is 14.3 Å². The highest BCUT2D eigenvalue weighted by Gasteiger charge is 2.27. The van der Waals surface area contributed by atoms with Crippen molar-refractivity contribution >= 4 is 34.2 Å². The van der Waals surface area contributed by atoms with Crippen molar-refractivity contribution in [2.75, 3.05) is 25.1 Å². The summed E-state index contributed by atoms with van der Waals surface area (Å²) < 4.78 is 15.7. The van der Waals surface area contributed by atoms with Crippen LogP contribution in [-0.4, -0.2) is 37.7 Å². The Bertz CT molecular complexity index is 918. The molecule has 0 radical (unpaired) electrons. The van der Waals surface area contributed by atoms with Gasteiger partial charge in [-0.05, 0) is 49.9 Å². The van der Waals surface area contributed by atoms with Crippen molar-refractivity contribution in [3.63, 3.8) is 0 Å². The van der Waals surface area contributed by atoms with E-state index in [1.165, 1.54) is 0 Å². The van der Waals surface area contributed by atoms with E-state index in [0.29, 0.717) is 17.2 Å². The summed E-state index contributed by atoms with van der Waals surface area (Å²) in [7, 11) is 0. The summed E-state index contributed by atoms with van der Waals surface area (Å²) in [6, 6.07) is 7.53. The Hall–Kier alpha value is -2.87. The van der Waals surface area contributed by atoms with E-state index in [1.807, 2.05) is 18.2 Å². The lowest BCUT2D eigenvalue weighted by molar-refractivity contribution is -0.118. The molecule has 0 saturated heterocycles. The van der Waals surface area contributed by atoms with E-state index in [0.717, 1.165) is 16.9 Å². The molecular weight excluding hydrogens is 406 g/mol. The summed E-state index contributed by atoms with van der Waals surface area (Å²) >= 11 is 0.982. The molecule has 1 aromatic heterocycles. The first-order chi connectivity index (χ1) is 14.3. The van der Waals surface area contributed by atoms with E-state index in [1.54, 1.807) is 26.8 Å². The third-order valence-electron chi connectivity index (χ3n) is 4.23. The van der Waals surface area contributed by atoms with E-state index < -0.39 is 17.8 Å². The number of rotatable bonds is 9. The van der Waals surface area contributed by atoms with Crippen LogP contribution in [0.1, 0.15) is 64.8 Å². The molecule has 0 aliphatic heterocycles. The van der Waals surface area contributed by atoms with E-state index >= 15 is 0 Å². The second-order valence-corrected chi connectivity index (χ2v) is 7.79. The molecule has 1 amide bonds. The largest absolute Gasteiger partial charge is 0.484 e. The van der Waals surface area contributed by atoms with Crippen molar-refractivity contribution in [3.05, 3.63) is 45.8 Å². The monoisotopic (exact) mass is 433 g/mol. The van der Waals surface area contributed by atoms with Gasteiger partial charge in [0, 0.05) is 0 Å². The fraction of sp³-hybridized carbons (Fsp3) is 0.409. The van der Waals surface area contributed by atoms with Crippen LogP contribution in [0.25, 0.3) is 0 Å². The molecule has 7 nitrogen and oxygen atoms in total. The third-order valence-corrected chi connectivity index (χ3v) is 5.42. The lowest BCUT2D eigenvalue weighted by Crippen LogP contribution is -2.21. The standard InChI is InChI=1S/C22H27NO6S/c1-6-27-21(25)18-14(5)19(22(26)28-7-2)30-20(18)23-17(24)12-29-16-10-8-9-15(11-16)13(3)4/h8-11,13H,6-7,12H2,1-5H3,(H,23,24). The average molecular weight is 434 g/mol. The van der Waals surface area contributed by atoms with Crippen molar-refractivity contribution in [1.29, 1.82) is 0 Å². The van der Waals surface area contributed by atoms with Crippen LogP contribution in [0.3, 0.4) is 0 Å². The number of hydrogen-bond acceptors (Lipinski definition) is 7. The fourth-order valence-corrected chi connectivity index (χ4v) is 3.82. The lowest BCUT2D eigenvalue weighted by Gasteiger charge is -2.10. The number of hydrogen-bond donors (Lipinski definition) is 1. The number of esters is 2. The predicted octanol–water partition coefficient (Wildman–Crippen LogP) is 4.55. The van der Waals surface area contributed by atoms with Crippen molar-refractivity contribution in [3.8, 4) is 5.75 Å². The van der Waals surface area contributed by atoms with Crippen molar-refractivity contribution in [1.82, 2.24) is 0 Å². The van der Waals surface area contributed by atoms with E-state index in [9.17, 15) is 14.4 Å². The second-order valence-electron chi connectivity index (χ2n) is 6.77. The zero-order valence-electron chi connectivity index (χ0n) is 17.9. The van der Waals surface area contributed by atoms with Crippen LogP contribution in [0.2, 0.25) is 0 Å². The number of nitrogens with one attached hydrogen (secondary N) is 1.